The number of aryl methyl sites for hydroxylation is 1. The van der Waals surface area contributed by atoms with Crippen molar-refractivity contribution in [3.8, 4) is 5.75 Å². The van der Waals surface area contributed by atoms with Gasteiger partial charge in [0.15, 0.2) is 0 Å². The van der Waals surface area contributed by atoms with E-state index in [0.29, 0.717) is 18.6 Å². The van der Waals surface area contributed by atoms with E-state index in [1.807, 2.05) is 0 Å². The minimum Gasteiger partial charge on any atom is -0.492 e. The molecule has 4 rings (SSSR count). The highest BCUT2D eigenvalue weighted by Crippen LogP contribution is 2.44. The molecule has 0 bridgehead atoms. The normalized spacial score (nSPS) is 26.2. The van der Waals surface area contributed by atoms with Crippen molar-refractivity contribution >= 4 is 0 Å². The fraction of sp³-hybridized carbons (Fsp3) is 0.455. The predicted molar refractivity (Wildman–Crippen MR) is 102 cm³/mol. The van der Waals surface area contributed by atoms with E-state index in [1.165, 1.54) is 29.8 Å². The first-order valence-corrected chi connectivity index (χ1v) is 9.48. The summed E-state index contributed by atoms with van der Waals surface area (Å²) in [7, 11) is 2.26. The summed E-state index contributed by atoms with van der Waals surface area (Å²) in [6.07, 6.45) is 0. The van der Waals surface area contributed by atoms with Crippen molar-refractivity contribution < 1.29 is 9.13 Å². The number of likely N-dealkylation sites (tertiary alicyclic amines) is 2. The average Bonchev–Trinajstić information content (AvgIpc) is 3.13. The smallest absolute Gasteiger partial charge is 0.123 e. The summed E-state index contributed by atoms with van der Waals surface area (Å²) in [5, 5.41) is 0. The quantitative estimate of drug-likeness (QED) is 0.813. The second-order valence-corrected chi connectivity index (χ2v) is 7.73. The maximum absolute atomic E-state index is 13.0. The van der Waals surface area contributed by atoms with Gasteiger partial charge in [-0.25, -0.2) is 4.39 Å². The van der Waals surface area contributed by atoms with Gasteiger partial charge in [0.1, 0.15) is 18.2 Å². The van der Waals surface area contributed by atoms with Crippen molar-refractivity contribution in [3.05, 3.63) is 65.5 Å². The van der Waals surface area contributed by atoms with Crippen LogP contribution in [0.1, 0.15) is 17.2 Å². The Labute approximate surface area is 155 Å². The zero-order valence-electron chi connectivity index (χ0n) is 15.6. The molecule has 0 radical (unpaired) electrons. The molecule has 138 valence electrons. The molecular formula is C22H27FN2O. The monoisotopic (exact) mass is 354 g/mol. The fourth-order valence-electron chi connectivity index (χ4n) is 4.74. The van der Waals surface area contributed by atoms with E-state index in [4.69, 9.17) is 4.74 Å². The lowest BCUT2D eigenvalue weighted by Gasteiger charge is -2.28. The van der Waals surface area contributed by atoms with Gasteiger partial charge in [-0.15, -0.1) is 0 Å². The number of benzene rings is 2. The van der Waals surface area contributed by atoms with Gasteiger partial charge in [-0.05, 0) is 61.2 Å². The Morgan fingerprint density at radius 2 is 1.81 bits per heavy atom. The minimum atomic E-state index is -0.226. The zero-order valence-corrected chi connectivity index (χ0v) is 15.6. The summed E-state index contributed by atoms with van der Waals surface area (Å²) in [4.78, 5) is 5.06. The molecule has 3 nitrogen and oxygen atoms in total. The third-order valence-corrected chi connectivity index (χ3v) is 5.97. The average molecular weight is 354 g/mol. The van der Waals surface area contributed by atoms with Crippen LogP contribution in [0.3, 0.4) is 0 Å². The van der Waals surface area contributed by atoms with Crippen LogP contribution in [-0.4, -0.2) is 49.6 Å². The van der Waals surface area contributed by atoms with Gasteiger partial charge in [-0.2, -0.15) is 0 Å². The number of hydrogen-bond acceptors (Lipinski definition) is 3. The van der Waals surface area contributed by atoms with Crippen molar-refractivity contribution in [1.29, 1.82) is 0 Å². The molecular weight excluding hydrogens is 327 g/mol. The summed E-state index contributed by atoms with van der Waals surface area (Å²) in [5.74, 6) is 1.93. The molecule has 2 heterocycles. The third-order valence-electron chi connectivity index (χ3n) is 5.97. The number of rotatable bonds is 5. The summed E-state index contributed by atoms with van der Waals surface area (Å²) in [6, 6.07) is 15.6. The van der Waals surface area contributed by atoms with Crippen LogP contribution in [-0.2, 0) is 0 Å². The Balaban J connectivity index is 1.35. The molecule has 3 atom stereocenters. The van der Waals surface area contributed by atoms with Gasteiger partial charge in [0.25, 0.3) is 0 Å². The molecule has 4 heteroatoms. The van der Waals surface area contributed by atoms with E-state index in [1.54, 1.807) is 12.1 Å². The van der Waals surface area contributed by atoms with Gasteiger partial charge in [-0.3, -0.25) is 9.80 Å². The minimum absolute atomic E-state index is 0.226. The Hall–Kier alpha value is -1.91. The van der Waals surface area contributed by atoms with E-state index >= 15 is 0 Å². The first kappa shape index (κ1) is 17.5. The topological polar surface area (TPSA) is 15.7 Å². The van der Waals surface area contributed by atoms with Gasteiger partial charge in [0.05, 0.1) is 0 Å². The highest BCUT2D eigenvalue weighted by Gasteiger charge is 2.46. The summed E-state index contributed by atoms with van der Waals surface area (Å²) < 4.78 is 18.7. The second kappa shape index (κ2) is 7.37. The van der Waals surface area contributed by atoms with Crippen molar-refractivity contribution in [2.45, 2.75) is 13.0 Å². The van der Waals surface area contributed by atoms with E-state index in [-0.39, 0.29) is 5.82 Å². The molecule has 2 aromatic carbocycles. The van der Waals surface area contributed by atoms with Crippen LogP contribution in [0.4, 0.5) is 4.39 Å². The zero-order chi connectivity index (χ0) is 18.1. The van der Waals surface area contributed by atoms with Gasteiger partial charge in [0, 0.05) is 32.2 Å². The van der Waals surface area contributed by atoms with Crippen LogP contribution in [0, 0.1) is 24.6 Å². The summed E-state index contributed by atoms with van der Waals surface area (Å²) >= 11 is 0. The standard InChI is InChI=1S/C22H27FN2O/c1-16-5-3-4-6-20(16)22-21-15-25(14-17(21)13-24(22)2)11-12-26-19-9-7-18(23)8-10-19/h3-10,17,21-22H,11-15H2,1-2H3/t17-,21+,22+/m0/s1. The molecule has 0 spiro atoms. The first-order chi connectivity index (χ1) is 12.6. The molecule has 0 amide bonds. The highest BCUT2D eigenvalue weighted by atomic mass is 19.1. The summed E-state index contributed by atoms with van der Waals surface area (Å²) in [5.41, 5.74) is 2.87. The maximum Gasteiger partial charge on any atom is 0.123 e. The van der Waals surface area contributed by atoms with Crippen molar-refractivity contribution in [3.63, 3.8) is 0 Å². The lowest BCUT2D eigenvalue weighted by molar-refractivity contribution is 0.198. The number of fused-ring (bicyclic) bond motifs is 1. The molecule has 2 aromatic rings. The van der Waals surface area contributed by atoms with Crippen LogP contribution in [0.15, 0.2) is 48.5 Å². The number of nitrogens with zero attached hydrogens (tertiary/aromatic N) is 2. The van der Waals surface area contributed by atoms with E-state index in [9.17, 15) is 4.39 Å². The van der Waals surface area contributed by atoms with Gasteiger partial charge in [-0.1, -0.05) is 24.3 Å². The van der Waals surface area contributed by atoms with Crippen LogP contribution in [0.2, 0.25) is 0 Å². The number of ether oxygens (including phenoxy) is 1. The predicted octanol–water partition coefficient (Wildman–Crippen LogP) is 3.75. The molecule has 26 heavy (non-hydrogen) atoms. The summed E-state index contributed by atoms with van der Waals surface area (Å²) in [6.45, 7) is 7.23. The van der Waals surface area contributed by atoms with Crippen LogP contribution in [0.25, 0.3) is 0 Å². The molecule has 0 N–H and O–H groups in total. The first-order valence-electron chi connectivity index (χ1n) is 9.48. The van der Waals surface area contributed by atoms with Crippen LogP contribution >= 0.6 is 0 Å². The van der Waals surface area contributed by atoms with Gasteiger partial charge in [0.2, 0.25) is 0 Å². The number of hydrogen-bond donors (Lipinski definition) is 0. The maximum atomic E-state index is 13.0. The fourth-order valence-corrected chi connectivity index (χ4v) is 4.74. The SMILES string of the molecule is Cc1ccccc1[C@@H]1[C@@H]2CN(CCOc3ccc(F)cc3)C[C@@H]2CN1C. The Morgan fingerprint density at radius 1 is 1.04 bits per heavy atom. The molecule has 2 saturated heterocycles. The largest absolute Gasteiger partial charge is 0.492 e. The molecule has 2 aliphatic heterocycles. The number of halogens is 1. The van der Waals surface area contributed by atoms with E-state index in [0.717, 1.165) is 31.3 Å². The Morgan fingerprint density at radius 3 is 2.58 bits per heavy atom. The molecule has 0 aliphatic carbocycles. The lowest BCUT2D eigenvalue weighted by atomic mass is 9.88. The van der Waals surface area contributed by atoms with Crippen LogP contribution < -0.4 is 4.74 Å². The molecule has 0 aromatic heterocycles. The van der Waals surface area contributed by atoms with Gasteiger partial charge >= 0.3 is 0 Å². The highest BCUT2D eigenvalue weighted by molar-refractivity contribution is 5.31. The third kappa shape index (κ3) is 3.49. The van der Waals surface area contributed by atoms with Crippen LogP contribution in [0.5, 0.6) is 5.75 Å². The Bertz CT molecular complexity index is 748. The molecule has 0 saturated carbocycles. The Kier molecular flexibility index (Phi) is 4.96. The van der Waals surface area contributed by atoms with Crippen molar-refractivity contribution in [1.82, 2.24) is 9.80 Å². The van der Waals surface area contributed by atoms with E-state index in [2.05, 4.69) is 48.0 Å². The molecule has 2 aliphatic rings. The molecule has 2 fully saturated rings. The van der Waals surface area contributed by atoms with Crippen molar-refractivity contribution in [2.24, 2.45) is 11.8 Å². The molecule has 0 unspecified atom stereocenters. The van der Waals surface area contributed by atoms with E-state index < -0.39 is 0 Å². The second-order valence-electron chi connectivity index (χ2n) is 7.73. The van der Waals surface area contributed by atoms with Gasteiger partial charge < -0.3 is 4.74 Å². The lowest BCUT2D eigenvalue weighted by Crippen LogP contribution is -2.31. The van der Waals surface area contributed by atoms with Crippen molar-refractivity contribution in [2.75, 3.05) is 39.8 Å².